The van der Waals surface area contributed by atoms with Crippen molar-refractivity contribution in [3.63, 3.8) is 0 Å². The standard InChI is InChI=1S/C20H19F3N4O3/c1-12-24-17-10-18(28)27(14-5-7-29-8-6-14)11-16(17)19(25-12)26-30-15-4-2-3-13(9-15)20(21,22)23/h2-4,9-11,14H,5-8H2,1H3,(H,24,25,26). The summed E-state index contributed by atoms with van der Waals surface area (Å²) < 4.78 is 45.7. The van der Waals surface area contributed by atoms with E-state index >= 15 is 0 Å². The molecule has 1 aliphatic rings. The molecule has 158 valence electrons. The predicted molar refractivity (Wildman–Crippen MR) is 103 cm³/mol. The molecule has 0 bridgehead atoms. The number of pyridine rings is 1. The molecule has 0 radical (unpaired) electrons. The Kier molecular flexibility index (Phi) is 5.33. The van der Waals surface area contributed by atoms with Gasteiger partial charge in [0.1, 0.15) is 5.82 Å². The summed E-state index contributed by atoms with van der Waals surface area (Å²) in [6.07, 6.45) is -1.40. The fraction of sp³-hybridized carbons (Fsp3) is 0.350. The van der Waals surface area contributed by atoms with Gasteiger partial charge in [-0.05, 0) is 38.0 Å². The van der Waals surface area contributed by atoms with Crippen LogP contribution in [0.4, 0.5) is 19.0 Å². The van der Waals surface area contributed by atoms with Crippen molar-refractivity contribution in [2.24, 2.45) is 0 Å². The molecule has 1 aromatic carbocycles. The fourth-order valence-corrected chi connectivity index (χ4v) is 3.40. The number of benzene rings is 1. The molecule has 3 aromatic rings. The Morgan fingerprint density at radius 3 is 2.70 bits per heavy atom. The van der Waals surface area contributed by atoms with E-state index in [0.29, 0.717) is 42.8 Å². The molecule has 0 unspecified atom stereocenters. The molecular weight excluding hydrogens is 401 g/mol. The summed E-state index contributed by atoms with van der Waals surface area (Å²) in [4.78, 5) is 26.5. The molecule has 10 heteroatoms. The van der Waals surface area contributed by atoms with Gasteiger partial charge in [-0.15, -0.1) is 0 Å². The number of ether oxygens (including phenoxy) is 1. The second kappa shape index (κ2) is 7.94. The topological polar surface area (TPSA) is 78.3 Å². The van der Waals surface area contributed by atoms with Gasteiger partial charge in [0.05, 0.1) is 16.5 Å². The Balaban J connectivity index is 1.67. The zero-order valence-corrected chi connectivity index (χ0v) is 16.1. The number of alkyl halides is 3. The van der Waals surface area contributed by atoms with Crippen molar-refractivity contribution in [2.75, 3.05) is 18.7 Å². The Morgan fingerprint density at radius 1 is 1.20 bits per heavy atom. The summed E-state index contributed by atoms with van der Waals surface area (Å²) in [5, 5.41) is 0.527. The third-order valence-electron chi connectivity index (χ3n) is 4.88. The average molecular weight is 420 g/mol. The van der Waals surface area contributed by atoms with Gasteiger partial charge in [-0.1, -0.05) is 6.07 Å². The second-order valence-electron chi connectivity index (χ2n) is 7.01. The van der Waals surface area contributed by atoms with E-state index in [1.807, 2.05) is 0 Å². The molecule has 0 atom stereocenters. The quantitative estimate of drug-likeness (QED) is 0.646. The van der Waals surface area contributed by atoms with Crippen molar-refractivity contribution in [2.45, 2.75) is 32.0 Å². The summed E-state index contributed by atoms with van der Waals surface area (Å²) in [6, 6.07) is 5.93. The summed E-state index contributed by atoms with van der Waals surface area (Å²) >= 11 is 0. The van der Waals surface area contributed by atoms with E-state index in [4.69, 9.17) is 9.57 Å². The second-order valence-corrected chi connectivity index (χ2v) is 7.01. The first-order valence-corrected chi connectivity index (χ1v) is 9.39. The van der Waals surface area contributed by atoms with Gasteiger partial charge in [0, 0.05) is 31.5 Å². The third kappa shape index (κ3) is 4.23. The Morgan fingerprint density at radius 2 is 1.97 bits per heavy atom. The van der Waals surface area contributed by atoms with Crippen molar-refractivity contribution in [3.05, 3.63) is 58.3 Å². The van der Waals surface area contributed by atoms with Crippen LogP contribution in [0.15, 0.2) is 41.3 Å². The highest BCUT2D eigenvalue weighted by Crippen LogP contribution is 2.31. The van der Waals surface area contributed by atoms with E-state index in [1.54, 1.807) is 17.7 Å². The van der Waals surface area contributed by atoms with Gasteiger partial charge in [0.15, 0.2) is 11.6 Å². The normalized spacial score (nSPS) is 15.3. The van der Waals surface area contributed by atoms with Gasteiger partial charge in [-0.3, -0.25) is 4.79 Å². The van der Waals surface area contributed by atoms with Crippen LogP contribution in [0.5, 0.6) is 5.75 Å². The number of nitrogens with one attached hydrogen (secondary N) is 1. The lowest BCUT2D eigenvalue weighted by molar-refractivity contribution is -0.137. The summed E-state index contributed by atoms with van der Waals surface area (Å²) in [5.41, 5.74) is 2.03. The largest absolute Gasteiger partial charge is 0.416 e. The number of hydrogen-bond donors (Lipinski definition) is 1. The van der Waals surface area contributed by atoms with E-state index < -0.39 is 11.7 Å². The molecule has 0 aliphatic carbocycles. The smallest absolute Gasteiger partial charge is 0.381 e. The minimum absolute atomic E-state index is 0.00538. The fourth-order valence-electron chi connectivity index (χ4n) is 3.40. The van der Waals surface area contributed by atoms with Crippen LogP contribution < -0.4 is 15.9 Å². The Bertz CT molecular complexity index is 1120. The van der Waals surface area contributed by atoms with Crippen LogP contribution in [0.25, 0.3) is 10.9 Å². The molecule has 2 aromatic heterocycles. The molecule has 1 fully saturated rings. The summed E-state index contributed by atoms with van der Waals surface area (Å²) in [6.45, 7) is 2.80. The van der Waals surface area contributed by atoms with Crippen LogP contribution in [-0.4, -0.2) is 27.7 Å². The number of anilines is 1. The maximum absolute atomic E-state index is 12.9. The minimum atomic E-state index is -4.47. The Hall–Kier alpha value is -3.14. The van der Waals surface area contributed by atoms with Crippen molar-refractivity contribution in [1.29, 1.82) is 0 Å². The van der Waals surface area contributed by atoms with E-state index in [2.05, 4.69) is 15.4 Å². The first kappa shape index (κ1) is 20.1. The number of rotatable bonds is 4. The van der Waals surface area contributed by atoms with E-state index in [1.165, 1.54) is 18.2 Å². The lowest BCUT2D eigenvalue weighted by Gasteiger charge is -2.24. The molecule has 3 heterocycles. The van der Waals surface area contributed by atoms with E-state index in [9.17, 15) is 18.0 Å². The van der Waals surface area contributed by atoms with E-state index in [-0.39, 0.29) is 23.2 Å². The molecule has 1 aliphatic heterocycles. The average Bonchev–Trinajstić information content (AvgIpc) is 2.71. The van der Waals surface area contributed by atoms with Crippen LogP contribution in [0.3, 0.4) is 0 Å². The van der Waals surface area contributed by atoms with Crippen LogP contribution in [-0.2, 0) is 10.9 Å². The zero-order valence-electron chi connectivity index (χ0n) is 16.1. The van der Waals surface area contributed by atoms with Crippen LogP contribution in [0.2, 0.25) is 0 Å². The van der Waals surface area contributed by atoms with E-state index in [0.717, 1.165) is 12.1 Å². The number of aromatic nitrogens is 3. The lowest BCUT2D eigenvalue weighted by Crippen LogP contribution is -2.28. The van der Waals surface area contributed by atoms with Crippen LogP contribution in [0, 0.1) is 6.92 Å². The summed E-state index contributed by atoms with van der Waals surface area (Å²) in [7, 11) is 0. The highest BCUT2D eigenvalue weighted by atomic mass is 19.4. The van der Waals surface area contributed by atoms with Crippen molar-refractivity contribution >= 4 is 16.7 Å². The van der Waals surface area contributed by atoms with Crippen molar-refractivity contribution in [1.82, 2.24) is 14.5 Å². The molecule has 1 N–H and O–H groups in total. The SMILES string of the molecule is Cc1nc(NOc2cccc(C(F)(F)F)c2)c2cn(C3CCOCC3)c(=O)cc2n1. The van der Waals surface area contributed by atoms with Gasteiger partial charge in [-0.25, -0.2) is 15.4 Å². The summed E-state index contributed by atoms with van der Waals surface area (Å²) in [5.74, 6) is 0.628. The number of halogens is 3. The molecule has 0 saturated carbocycles. The highest BCUT2D eigenvalue weighted by Gasteiger charge is 2.30. The minimum Gasteiger partial charge on any atom is -0.381 e. The molecule has 7 nitrogen and oxygen atoms in total. The van der Waals surface area contributed by atoms with Crippen molar-refractivity contribution < 1.29 is 22.7 Å². The third-order valence-corrected chi connectivity index (χ3v) is 4.88. The number of nitrogens with zero attached hydrogens (tertiary/aromatic N) is 3. The zero-order chi connectivity index (χ0) is 21.3. The number of fused-ring (bicyclic) bond motifs is 1. The lowest BCUT2D eigenvalue weighted by atomic mass is 10.1. The van der Waals surface area contributed by atoms with Gasteiger partial charge >= 0.3 is 6.18 Å². The van der Waals surface area contributed by atoms with Crippen LogP contribution in [0.1, 0.15) is 30.3 Å². The number of aryl methyl sites for hydroxylation is 1. The molecule has 0 spiro atoms. The maximum Gasteiger partial charge on any atom is 0.416 e. The first-order chi connectivity index (χ1) is 14.3. The molecule has 0 amide bonds. The van der Waals surface area contributed by atoms with Gasteiger partial charge in [-0.2, -0.15) is 13.2 Å². The molecule has 30 heavy (non-hydrogen) atoms. The monoisotopic (exact) mass is 420 g/mol. The Labute approximate surface area is 169 Å². The highest BCUT2D eigenvalue weighted by molar-refractivity contribution is 5.88. The van der Waals surface area contributed by atoms with Gasteiger partial charge in [0.2, 0.25) is 0 Å². The predicted octanol–water partition coefficient (Wildman–Crippen LogP) is 3.88. The van der Waals surface area contributed by atoms with Gasteiger partial charge in [0.25, 0.3) is 5.56 Å². The molecule has 4 rings (SSSR count). The maximum atomic E-state index is 12.9. The molecule has 1 saturated heterocycles. The van der Waals surface area contributed by atoms with Crippen molar-refractivity contribution in [3.8, 4) is 5.75 Å². The van der Waals surface area contributed by atoms with Gasteiger partial charge < -0.3 is 14.1 Å². The first-order valence-electron chi connectivity index (χ1n) is 9.39. The number of hydrogen-bond acceptors (Lipinski definition) is 6. The molecular formula is C20H19F3N4O3. The van der Waals surface area contributed by atoms with Crippen LogP contribution >= 0.6 is 0 Å².